The number of nitrogens with one attached hydrogen (secondary N) is 2. The third kappa shape index (κ3) is 3.35. The number of H-pyrrole nitrogens is 2. The van der Waals surface area contributed by atoms with Gasteiger partial charge in [0.1, 0.15) is 0 Å². The molecule has 1 heterocycles. The van der Waals surface area contributed by atoms with E-state index in [4.69, 9.17) is 5.73 Å². The first-order chi connectivity index (χ1) is 6.13. The highest BCUT2D eigenvalue weighted by Gasteiger charge is 2.05. The van der Waals surface area contributed by atoms with E-state index in [1.54, 1.807) is 0 Å². The molecule has 0 aliphatic heterocycles. The minimum atomic E-state index is -0.487. The zero-order valence-electron chi connectivity index (χ0n) is 7.87. The summed E-state index contributed by atoms with van der Waals surface area (Å²) in [5, 5.41) is 0. The van der Waals surface area contributed by atoms with Crippen LogP contribution in [0.1, 0.15) is 18.9 Å². The minimum absolute atomic E-state index is 0. The summed E-state index contributed by atoms with van der Waals surface area (Å²) in [6.07, 6.45) is 2.71. The van der Waals surface area contributed by atoms with Crippen molar-refractivity contribution in [1.29, 1.82) is 0 Å². The second-order valence-electron chi connectivity index (χ2n) is 2.97. The van der Waals surface area contributed by atoms with E-state index in [2.05, 4.69) is 9.97 Å². The number of hydrogen-bond acceptors (Lipinski definition) is 3. The van der Waals surface area contributed by atoms with Crippen molar-refractivity contribution >= 4 is 12.4 Å². The fraction of sp³-hybridized carbons (Fsp3) is 0.500. The van der Waals surface area contributed by atoms with E-state index in [1.807, 2.05) is 6.92 Å². The van der Waals surface area contributed by atoms with Crippen molar-refractivity contribution in [3.8, 4) is 0 Å². The van der Waals surface area contributed by atoms with Gasteiger partial charge in [0.05, 0.1) is 0 Å². The van der Waals surface area contributed by atoms with Gasteiger partial charge in [-0.25, -0.2) is 4.79 Å². The van der Waals surface area contributed by atoms with Gasteiger partial charge >= 0.3 is 5.69 Å². The molecule has 1 aromatic rings. The van der Waals surface area contributed by atoms with Gasteiger partial charge in [0.15, 0.2) is 0 Å². The molecular weight excluding hydrogens is 206 g/mol. The Balaban J connectivity index is 0.00000169. The smallest absolute Gasteiger partial charge is 0.325 e. The molecule has 1 unspecified atom stereocenters. The first kappa shape index (κ1) is 12.9. The normalized spacial score (nSPS) is 11.9. The average Bonchev–Trinajstić information content (AvgIpc) is 2.09. The lowest BCUT2D eigenvalue weighted by molar-refractivity contribution is 0.639. The molecule has 0 amide bonds. The van der Waals surface area contributed by atoms with Crippen LogP contribution in [0.3, 0.4) is 0 Å². The van der Waals surface area contributed by atoms with Crippen LogP contribution in [-0.2, 0) is 6.42 Å². The highest BCUT2D eigenvalue weighted by molar-refractivity contribution is 5.85. The Bertz CT molecular complexity index is 385. The van der Waals surface area contributed by atoms with E-state index < -0.39 is 5.69 Å². The van der Waals surface area contributed by atoms with Crippen LogP contribution in [0.2, 0.25) is 0 Å². The number of rotatable bonds is 3. The van der Waals surface area contributed by atoms with Crippen molar-refractivity contribution in [3.63, 3.8) is 0 Å². The molecule has 5 nitrogen and oxygen atoms in total. The number of aromatic nitrogens is 2. The third-order valence-electron chi connectivity index (χ3n) is 1.90. The van der Waals surface area contributed by atoms with Gasteiger partial charge in [0.25, 0.3) is 5.56 Å². The van der Waals surface area contributed by atoms with Gasteiger partial charge in [-0.2, -0.15) is 0 Å². The Morgan fingerprint density at radius 3 is 2.64 bits per heavy atom. The first-order valence-electron chi connectivity index (χ1n) is 4.20. The lowest BCUT2D eigenvalue weighted by atomic mass is 10.1. The van der Waals surface area contributed by atoms with Gasteiger partial charge < -0.3 is 10.7 Å². The summed E-state index contributed by atoms with van der Waals surface area (Å²) in [5.74, 6) is 0. The van der Waals surface area contributed by atoms with Gasteiger partial charge in [-0.15, -0.1) is 12.4 Å². The second kappa shape index (κ2) is 5.62. The zero-order chi connectivity index (χ0) is 9.84. The molecule has 1 atom stereocenters. The zero-order valence-corrected chi connectivity index (χ0v) is 8.69. The molecule has 0 fully saturated rings. The fourth-order valence-electron chi connectivity index (χ4n) is 1.02. The maximum absolute atomic E-state index is 11.2. The van der Waals surface area contributed by atoms with Crippen molar-refractivity contribution in [2.24, 2.45) is 5.73 Å². The van der Waals surface area contributed by atoms with Crippen LogP contribution >= 0.6 is 12.4 Å². The Kier molecular flexibility index (Phi) is 5.19. The minimum Gasteiger partial charge on any atom is -0.327 e. The van der Waals surface area contributed by atoms with Gasteiger partial charge in [0.2, 0.25) is 0 Å². The summed E-state index contributed by atoms with van der Waals surface area (Å²) < 4.78 is 0. The number of halogens is 1. The molecule has 0 radical (unpaired) electrons. The Labute approximate surface area is 87.1 Å². The van der Waals surface area contributed by atoms with Crippen molar-refractivity contribution in [2.45, 2.75) is 25.8 Å². The molecule has 80 valence electrons. The van der Waals surface area contributed by atoms with E-state index in [0.717, 1.165) is 6.42 Å². The second-order valence-corrected chi connectivity index (χ2v) is 2.97. The molecule has 1 aromatic heterocycles. The fourth-order valence-corrected chi connectivity index (χ4v) is 1.02. The summed E-state index contributed by atoms with van der Waals surface area (Å²) in [4.78, 5) is 26.4. The van der Waals surface area contributed by atoms with Crippen LogP contribution in [0, 0.1) is 0 Å². The number of nitrogens with two attached hydrogens (primary N) is 1. The topological polar surface area (TPSA) is 91.7 Å². The van der Waals surface area contributed by atoms with Crippen LogP contribution in [0.25, 0.3) is 0 Å². The van der Waals surface area contributed by atoms with Crippen molar-refractivity contribution in [3.05, 3.63) is 32.6 Å². The monoisotopic (exact) mass is 219 g/mol. The molecule has 14 heavy (non-hydrogen) atoms. The maximum atomic E-state index is 11.2. The van der Waals surface area contributed by atoms with Crippen LogP contribution in [0.15, 0.2) is 15.8 Å². The lowest BCUT2D eigenvalue weighted by Gasteiger charge is -2.06. The molecule has 0 aliphatic rings. The van der Waals surface area contributed by atoms with Crippen molar-refractivity contribution < 1.29 is 0 Å². The van der Waals surface area contributed by atoms with Gasteiger partial charge in [0, 0.05) is 17.8 Å². The molecule has 4 N–H and O–H groups in total. The SMILES string of the molecule is CCC(N)Cc1c[nH]c(=O)[nH]c1=O.Cl. The molecule has 0 spiro atoms. The lowest BCUT2D eigenvalue weighted by Crippen LogP contribution is -2.30. The molecule has 0 saturated carbocycles. The molecule has 0 saturated heterocycles. The maximum Gasteiger partial charge on any atom is 0.325 e. The quantitative estimate of drug-likeness (QED) is 0.656. The first-order valence-corrected chi connectivity index (χ1v) is 4.20. The summed E-state index contributed by atoms with van der Waals surface area (Å²) in [7, 11) is 0. The Morgan fingerprint density at radius 1 is 1.50 bits per heavy atom. The van der Waals surface area contributed by atoms with E-state index in [-0.39, 0.29) is 24.0 Å². The van der Waals surface area contributed by atoms with E-state index >= 15 is 0 Å². The number of hydrogen-bond donors (Lipinski definition) is 3. The van der Waals surface area contributed by atoms with Crippen LogP contribution < -0.4 is 17.0 Å². The summed E-state index contributed by atoms with van der Waals surface area (Å²) in [6.45, 7) is 1.95. The highest BCUT2D eigenvalue weighted by atomic mass is 35.5. The summed E-state index contributed by atoms with van der Waals surface area (Å²) in [6, 6.07) is -0.0352. The van der Waals surface area contributed by atoms with Gasteiger partial charge in [-0.05, 0) is 12.8 Å². The van der Waals surface area contributed by atoms with E-state index in [9.17, 15) is 9.59 Å². The largest absolute Gasteiger partial charge is 0.327 e. The Morgan fingerprint density at radius 2 is 2.14 bits per heavy atom. The molecule has 0 aromatic carbocycles. The van der Waals surface area contributed by atoms with Gasteiger partial charge in [-0.1, -0.05) is 6.92 Å². The summed E-state index contributed by atoms with van der Waals surface area (Å²) >= 11 is 0. The van der Waals surface area contributed by atoms with Crippen molar-refractivity contribution in [1.82, 2.24) is 9.97 Å². The van der Waals surface area contributed by atoms with Crippen LogP contribution in [0.4, 0.5) is 0 Å². The van der Waals surface area contributed by atoms with Gasteiger partial charge in [-0.3, -0.25) is 9.78 Å². The third-order valence-corrected chi connectivity index (χ3v) is 1.90. The van der Waals surface area contributed by atoms with Crippen LogP contribution in [0.5, 0.6) is 0 Å². The molecule has 0 bridgehead atoms. The van der Waals surface area contributed by atoms with Crippen molar-refractivity contribution in [2.75, 3.05) is 0 Å². The summed E-state index contributed by atoms with van der Waals surface area (Å²) in [5.41, 5.74) is 5.35. The standard InChI is InChI=1S/C8H13N3O2.ClH/c1-2-6(9)3-5-4-10-8(13)11-7(5)12;/h4,6H,2-3,9H2,1H3,(H2,10,11,12,13);1H. The van der Waals surface area contributed by atoms with Crippen LogP contribution in [-0.4, -0.2) is 16.0 Å². The van der Waals surface area contributed by atoms with E-state index in [0.29, 0.717) is 12.0 Å². The predicted molar refractivity (Wildman–Crippen MR) is 56.9 cm³/mol. The van der Waals surface area contributed by atoms with E-state index in [1.165, 1.54) is 6.20 Å². The average molecular weight is 220 g/mol. The Hall–Kier alpha value is -1.07. The highest BCUT2D eigenvalue weighted by Crippen LogP contribution is 1.95. The molecular formula is C8H14ClN3O2. The molecule has 1 rings (SSSR count). The number of aromatic amines is 2. The molecule has 6 heteroatoms. The predicted octanol–water partition coefficient (Wildman–Crippen LogP) is -0.235. The molecule has 0 aliphatic carbocycles.